The summed E-state index contributed by atoms with van der Waals surface area (Å²) in [7, 11) is 0. The van der Waals surface area contributed by atoms with E-state index in [2.05, 4.69) is 22.6 Å². The van der Waals surface area contributed by atoms with Crippen LogP contribution in [0.2, 0.25) is 0 Å². The van der Waals surface area contributed by atoms with E-state index in [0.29, 0.717) is 21.5 Å². The van der Waals surface area contributed by atoms with E-state index in [1.54, 1.807) is 11.0 Å². The second-order valence-corrected chi connectivity index (χ2v) is 6.21. The molecule has 2 rings (SSSR count). The van der Waals surface area contributed by atoms with Gasteiger partial charge in [0.1, 0.15) is 10.1 Å². The number of halogens is 1. The van der Waals surface area contributed by atoms with Crippen LogP contribution in [-0.4, -0.2) is 21.7 Å². The third-order valence-corrected chi connectivity index (χ3v) is 4.15. The first-order valence-corrected chi connectivity index (χ1v) is 7.43. The Labute approximate surface area is 123 Å². The van der Waals surface area contributed by atoms with Gasteiger partial charge in [0.15, 0.2) is 3.77 Å². The molecule has 1 saturated heterocycles. The summed E-state index contributed by atoms with van der Waals surface area (Å²) < 4.78 is 6.84. The zero-order valence-corrected chi connectivity index (χ0v) is 12.9. The van der Waals surface area contributed by atoms with E-state index in [1.807, 2.05) is 19.1 Å². The van der Waals surface area contributed by atoms with Crippen molar-refractivity contribution in [2.45, 2.75) is 13.3 Å². The fourth-order valence-corrected chi connectivity index (χ4v) is 3.17. The van der Waals surface area contributed by atoms with Gasteiger partial charge < -0.3 is 4.42 Å². The molecule has 1 aromatic rings. The van der Waals surface area contributed by atoms with Crippen molar-refractivity contribution in [2.24, 2.45) is 0 Å². The number of nitrogens with zero attached hydrogens (tertiary/aromatic N) is 1. The predicted molar refractivity (Wildman–Crippen MR) is 81.6 cm³/mol. The van der Waals surface area contributed by atoms with Crippen molar-refractivity contribution < 1.29 is 9.21 Å². The van der Waals surface area contributed by atoms with E-state index >= 15 is 0 Å². The summed E-state index contributed by atoms with van der Waals surface area (Å²) in [5, 5.41) is 0. The highest BCUT2D eigenvalue weighted by Crippen LogP contribution is 2.32. The number of carbonyl (C=O) groups is 1. The van der Waals surface area contributed by atoms with Gasteiger partial charge in [-0.15, -0.1) is 0 Å². The Morgan fingerprint density at radius 2 is 2.35 bits per heavy atom. The zero-order chi connectivity index (χ0) is 12.4. The Morgan fingerprint density at radius 3 is 2.94 bits per heavy atom. The number of rotatable bonds is 3. The van der Waals surface area contributed by atoms with Crippen LogP contribution in [-0.2, 0) is 4.79 Å². The Morgan fingerprint density at radius 1 is 1.59 bits per heavy atom. The lowest BCUT2D eigenvalue weighted by molar-refractivity contribution is -0.122. The van der Waals surface area contributed by atoms with Crippen molar-refractivity contribution in [1.29, 1.82) is 0 Å². The van der Waals surface area contributed by atoms with Crippen LogP contribution in [0.25, 0.3) is 6.08 Å². The van der Waals surface area contributed by atoms with Crippen molar-refractivity contribution in [3.63, 3.8) is 0 Å². The summed E-state index contributed by atoms with van der Waals surface area (Å²) in [5.41, 5.74) is 0. The highest BCUT2D eigenvalue weighted by molar-refractivity contribution is 14.1. The van der Waals surface area contributed by atoms with Crippen LogP contribution < -0.4 is 0 Å². The SMILES string of the molecule is CCCN1C(=O)C(=Cc2ccc(I)o2)SC1=S. The molecule has 0 atom stereocenters. The lowest BCUT2D eigenvalue weighted by Gasteiger charge is -2.11. The minimum atomic E-state index is -0.0201. The minimum Gasteiger partial charge on any atom is -0.451 e. The fourth-order valence-electron chi connectivity index (χ4n) is 1.45. The summed E-state index contributed by atoms with van der Waals surface area (Å²) in [6.45, 7) is 2.70. The van der Waals surface area contributed by atoms with Crippen molar-refractivity contribution in [3.8, 4) is 0 Å². The molecule has 1 aliphatic rings. The molecule has 0 radical (unpaired) electrons. The number of thiocarbonyl (C=S) groups is 1. The molecule has 0 aromatic carbocycles. The first kappa shape index (κ1) is 13.1. The molecule has 0 unspecified atom stereocenters. The van der Waals surface area contributed by atoms with Gasteiger partial charge in [0, 0.05) is 12.6 Å². The van der Waals surface area contributed by atoms with Crippen molar-refractivity contribution in [2.75, 3.05) is 6.54 Å². The number of thioether (sulfide) groups is 1. The minimum absolute atomic E-state index is 0.0201. The molecule has 3 nitrogen and oxygen atoms in total. The second-order valence-electron chi connectivity index (χ2n) is 3.48. The first-order chi connectivity index (χ1) is 8.11. The molecule has 0 aliphatic carbocycles. The molecule has 0 N–H and O–H groups in total. The summed E-state index contributed by atoms with van der Waals surface area (Å²) in [6, 6.07) is 3.70. The van der Waals surface area contributed by atoms with Crippen molar-refractivity contribution in [1.82, 2.24) is 4.90 Å². The molecule has 0 bridgehead atoms. The Bertz CT molecular complexity index is 495. The Hall–Kier alpha value is -0.340. The topological polar surface area (TPSA) is 33.5 Å². The maximum Gasteiger partial charge on any atom is 0.266 e. The average molecular weight is 379 g/mol. The van der Waals surface area contributed by atoms with E-state index in [0.717, 1.165) is 10.2 Å². The monoisotopic (exact) mass is 379 g/mol. The normalized spacial score (nSPS) is 18.5. The average Bonchev–Trinajstić information content (AvgIpc) is 2.79. The van der Waals surface area contributed by atoms with E-state index in [1.165, 1.54) is 11.8 Å². The molecule has 1 aromatic heterocycles. The predicted octanol–water partition coefficient (Wildman–Crippen LogP) is 3.50. The lowest BCUT2D eigenvalue weighted by atomic mass is 10.3. The van der Waals surface area contributed by atoms with Gasteiger partial charge in [-0.25, -0.2) is 0 Å². The van der Waals surface area contributed by atoms with E-state index in [9.17, 15) is 4.79 Å². The zero-order valence-electron chi connectivity index (χ0n) is 9.10. The molecule has 90 valence electrons. The van der Waals surface area contributed by atoms with E-state index < -0.39 is 0 Å². The van der Waals surface area contributed by atoms with Crippen molar-refractivity contribution >= 4 is 62.9 Å². The molecule has 1 amide bonds. The second kappa shape index (κ2) is 5.53. The molecular weight excluding hydrogens is 369 g/mol. The van der Waals surface area contributed by atoms with Crippen LogP contribution in [0.15, 0.2) is 21.5 Å². The van der Waals surface area contributed by atoms with Crippen LogP contribution in [0.5, 0.6) is 0 Å². The Kier molecular flexibility index (Phi) is 4.26. The van der Waals surface area contributed by atoms with E-state index in [4.69, 9.17) is 16.6 Å². The maximum absolute atomic E-state index is 12.0. The number of hydrogen-bond donors (Lipinski definition) is 0. The molecule has 6 heteroatoms. The first-order valence-electron chi connectivity index (χ1n) is 5.12. The summed E-state index contributed by atoms with van der Waals surface area (Å²) in [6.07, 6.45) is 2.65. The molecule has 1 aliphatic heterocycles. The number of amides is 1. The molecule has 1 fully saturated rings. The van der Waals surface area contributed by atoms with Crippen LogP contribution in [0.3, 0.4) is 0 Å². The number of carbonyl (C=O) groups excluding carboxylic acids is 1. The molecule has 0 spiro atoms. The lowest BCUT2D eigenvalue weighted by Crippen LogP contribution is -2.28. The van der Waals surface area contributed by atoms with Crippen LogP contribution in [0, 0.1) is 3.77 Å². The third kappa shape index (κ3) is 2.92. The van der Waals surface area contributed by atoms with Gasteiger partial charge in [-0.1, -0.05) is 30.9 Å². The smallest absolute Gasteiger partial charge is 0.266 e. The molecule has 2 heterocycles. The molecular formula is C11H10INO2S2. The molecule has 17 heavy (non-hydrogen) atoms. The van der Waals surface area contributed by atoms with Gasteiger partial charge in [0.05, 0.1) is 4.91 Å². The summed E-state index contributed by atoms with van der Waals surface area (Å²) >= 11 is 8.60. The fraction of sp³-hybridized carbons (Fsp3) is 0.273. The van der Waals surface area contributed by atoms with Gasteiger partial charge in [-0.2, -0.15) is 0 Å². The van der Waals surface area contributed by atoms with Gasteiger partial charge in [0.25, 0.3) is 5.91 Å². The van der Waals surface area contributed by atoms with Gasteiger partial charge in [-0.3, -0.25) is 9.69 Å². The van der Waals surface area contributed by atoms with Crippen molar-refractivity contribution in [3.05, 3.63) is 26.6 Å². The van der Waals surface area contributed by atoms with Crippen LogP contribution >= 0.6 is 46.6 Å². The number of hydrogen-bond acceptors (Lipinski definition) is 4. The standard InChI is InChI=1S/C11H10INO2S2/c1-2-5-13-10(14)8(17-11(13)16)6-7-3-4-9(12)15-7/h3-4,6H,2,5H2,1H3. The van der Waals surface area contributed by atoms with Crippen LogP contribution in [0.4, 0.5) is 0 Å². The summed E-state index contributed by atoms with van der Waals surface area (Å²) in [5.74, 6) is 0.666. The van der Waals surface area contributed by atoms with E-state index in [-0.39, 0.29) is 5.91 Å². The summed E-state index contributed by atoms with van der Waals surface area (Å²) in [4.78, 5) is 14.3. The third-order valence-electron chi connectivity index (χ3n) is 2.19. The Balaban J connectivity index is 2.21. The van der Waals surface area contributed by atoms with Gasteiger partial charge in [0.2, 0.25) is 0 Å². The highest BCUT2D eigenvalue weighted by Gasteiger charge is 2.31. The molecule has 0 saturated carbocycles. The quantitative estimate of drug-likeness (QED) is 0.457. The van der Waals surface area contributed by atoms with Gasteiger partial charge >= 0.3 is 0 Å². The number of furan rings is 1. The van der Waals surface area contributed by atoms with Gasteiger partial charge in [-0.05, 0) is 41.1 Å². The van der Waals surface area contributed by atoms with Crippen LogP contribution in [0.1, 0.15) is 19.1 Å². The largest absolute Gasteiger partial charge is 0.451 e. The maximum atomic E-state index is 12.0. The highest BCUT2D eigenvalue weighted by atomic mass is 127.